The van der Waals surface area contributed by atoms with Gasteiger partial charge in [-0.25, -0.2) is 8.42 Å². The van der Waals surface area contributed by atoms with E-state index in [1.54, 1.807) is 12.1 Å². The molecule has 2 saturated heterocycles. The third kappa shape index (κ3) is 4.78. The van der Waals surface area contributed by atoms with Crippen LogP contribution in [0.15, 0.2) is 34.3 Å². The molecule has 0 bridgehead atoms. The van der Waals surface area contributed by atoms with Crippen molar-refractivity contribution in [1.29, 1.82) is 0 Å². The van der Waals surface area contributed by atoms with Crippen LogP contribution in [0.1, 0.15) is 51.0 Å². The number of carbonyl (C=O) groups is 1. The SMILES string of the molecule is CC(C)c1ccc(S(=O)(=O)N2CC[C@@]3(CC(C(=O)NCCN4CCCC4)=NO3)C2)cc1. The Balaban J connectivity index is 1.32. The number of rotatable bonds is 7. The zero-order chi connectivity index (χ0) is 22.1. The molecule has 3 aliphatic heterocycles. The quantitative estimate of drug-likeness (QED) is 0.688. The van der Waals surface area contributed by atoms with Crippen molar-refractivity contribution in [2.24, 2.45) is 5.16 Å². The van der Waals surface area contributed by atoms with Crippen LogP contribution >= 0.6 is 0 Å². The van der Waals surface area contributed by atoms with Crippen LogP contribution in [0.2, 0.25) is 0 Å². The van der Waals surface area contributed by atoms with Gasteiger partial charge in [-0.1, -0.05) is 31.1 Å². The van der Waals surface area contributed by atoms with Crippen molar-refractivity contribution in [3.8, 4) is 0 Å². The lowest BCUT2D eigenvalue weighted by Gasteiger charge is -2.21. The van der Waals surface area contributed by atoms with E-state index in [4.69, 9.17) is 4.84 Å². The van der Waals surface area contributed by atoms with E-state index in [0.29, 0.717) is 37.6 Å². The summed E-state index contributed by atoms with van der Waals surface area (Å²) in [5.41, 5.74) is 0.707. The molecule has 1 aromatic carbocycles. The van der Waals surface area contributed by atoms with E-state index in [-0.39, 0.29) is 17.3 Å². The Hall–Kier alpha value is -1.97. The van der Waals surface area contributed by atoms with Gasteiger partial charge < -0.3 is 15.1 Å². The lowest BCUT2D eigenvalue weighted by molar-refractivity contribution is -0.114. The van der Waals surface area contributed by atoms with Crippen molar-refractivity contribution in [3.05, 3.63) is 29.8 Å². The van der Waals surface area contributed by atoms with Crippen molar-refractivity contribution < 1.29 is 18.0 Å². The number of likely N-dealkylation sites (tertiary alicyclic amines) is 1. The number of amides is 1. The summed E-state index contributed by atoms with van der Waals surface area (Å²) in [6.07, 6.45) is 3.29. The van der Waals surface area contributed by atoms with Gasteiger partial charge in [0, 0.05) is 32.5 Å². The van der Waals surface area contributed by atoms with Crippen molar-refractivity contribution in [1.82, 2.24) is 14.5 Å². The molecule has 1 spiro atoms. The second kappa shape index (κ2) is 8.88. The molecule has 8 nitrogen and oxygen atoms in total. The molecular weight excluding hydrogens is 416 g/mol. The molecule has 31 heavy (non-hydrogen) atoms. The first-order valence-corrected chi connectivity index (χ1v) is 12.6. The van der Waals surface area contributed by atoms with Crippen LogP contribution in [0.25, 0.3) is 0 Å². The van der Waals surface area contributed by atoms with Gasteiger partial charge in [0.2, 0.25) is 10.0 Å². The van der Waals surface area contributed by atoms with Crippen LogP contribution < -0.4 is 5.32 Å². The predicted molar refractivity (Wildman–Crippen MR) is 118 cm³/mol. The smallest absolute Gasteiger partial charge is 0.269 e. The Labute approximate surface area is 184 Å². The molecule has 170 valence electrons. The third-order valence-corrected chi connectivity index (χ3v) is 8.34. The van der Waals surface area contributed by atoms with E-state index in [2.05, 4.69) is 29.2 Å². The highest BCUT2D eigenvalue weighted by Crippen LogP contribution is 2.36. The predicted octanol–water partition coefficient (Wildman–Crippen LogP) is 1.93. The molecule has 0 saturated carbocycles. The Morgan fingerprint density at radius 1 is 1.19 bits per heavy atom. The summed E-state index contributed by atoms with van der Waals surface area (Å²) in [5, 5.41) is 6.93. The molecule has 0 aromatic heterocycles. The fraction of sp³-hybridized carbons (Fsp3) is 0.636. The highest BCUT2D eigenvalue weighted by Gasteiger charge is 2.49. The second-order valence-corrected chi connectivity index (χ2v) is 11.0. The number of sulfonamides is 1. The summed E-state index contributed by atoms with van der Waals surface area (Å²) >= 11 is 0. The number of oxime groups is 1. The number of benzene rings is 1. The average molecular weight is 449 g/mol. The van der Waals surface area contributed by atoms with Crippen molar-refractivity contribution in [2.45, 2.75) is 55.9 Å². The van der Waals surface area contributed by atoms with Crippen LogP contribution in [0.3, 0.4) is 0 Å². The molecule has 2 fully saturated rings. The Bertz CT molecular complexity index is 939. The van der Waals surface area contributed by atoms with E-state index in [1.807, 2.05) is 12.1 Å². The molecule has 1 aromatic rings. The third-order valence-electron chi connectivity index (χ3n) is 6.48. The zero-order valence-electron chi connectivity index (χ0n) is 18.3. The van der Waals surface area contributed by atoms with Gasteiger partial charge >= 0.3 is 0 Å². The van der Waals surface area contributed by atoms with Gasteiger partial charge in [0.05, 0.1) is 11.4 Å². The molecule has 1 atom stereocenters. The molecule has 3 aliphatic rings. The molecule has 1 amide bonds. The zero-order valence-corrected chi connectivity index (χ0v) is 19.2. The largest absolute Gasteiger partial charge is 0.387 e. The number of carbonyl (C=O) groups excluding carboxylic acids is 1. The van der Waals surface area contributed by atoms with E-state index in [0.717, 1.165) is 25.2 Å². The van der Waals surface area contributed by atoms with Gasteiger partial charge in [-0.05, 0) is 49.5 Å². The highest BCUT2D eigenvalue weighted by molar-refractivity contribution is 7.89. The van der Waals surface area contributed by atoms with Gasteiger partial charge in [-0.15, -0.1) is 0 Å². The minimum atomic E-state index is -3.61. The first kappa shape index (κ1) is 22.2. The molecule has 4 rings (SSSR count). The fourth-order valence-electron chi connectivity index (χ4n) is 4.48. The molecule has 3 heterocycles. The lowest BCUT2D eigenvalue weighted by Crippen LogP contribution is -2.40. The lowest BCUT2D eigenvalue weighted by atomic mass is 9.96. The molecule has 1 N–H and O–H groups in total. The van der Waals surface area contributed by atoms with Crippen LogP contribution in [-0.4, -0.2) is 74.1 Å². The second-order valence-electron chi connectivity index (χ2n) is 9.11. The van der Waals surface area contributed by atoms with Crippen molar-refractivity contribution >= 4 is 21.6 Å². The molecular formula is C22H32N4O4S. The topological polar surface area (TPSA) is 91.3 Å². The molecule has 9 heteroatoms. The normalized spacial score (nSPS) is 24.7. The Morgan fingerprint density at radius 2 is 1.90 bits per heavy atom. The molecule has 0 unspecified atom stereocenters. The summed E-state index contributed by atoms with van der Waals surface area (Å²) in [6, 6.07) is 7.06. The maximum atomic E-state index is 13.1. The van der Waals surface area contributed by atoms with E-state index in [9.17, 15) is 13.2 Å². The molecule has 0 aliphatic carbocycles. The number of nitrogens with one attached hydrogen (secondary N) is 1. The standard InChI is InChI=1S/C22H32N4O4S/c1-17(2)18-5-7-19(8-6-18)31(28,29)26-13-9-22(16-26)15-20(24-30-22)21(27)23-10-14-25-11-3-4-12-25/h5-8,17H,3-4,9-16H2,1-2H3,(H,23,27)/t22-/m1/s1. The maximum absolute atomic E-state index is 13.1. The van der Waals surface area contributed by atoms with Crippen LogP contribution in [0.4, 0.5) is 0 Å². The van der Waals surface area contributed by atoms with Crippen LogP contribution in [-0.2, 0) is 19.7 Å². The first-order chi connectivity index (χ1) is 14.8. The van der Waals surface area contributed by atoms with Crippen molar-refractivity contribution in [2.75, 3.05) is 39.3 Å². The van der Waals surface area contributed by atoms with Gasteiger partial charge in [0.15, 0.2) is 5.60 Å². The highest BCUT2D eigenvalue weighted by atomic mass is 32.2. The van der Waals surface area contributed by atoms with E-state index < -0.39 is 15.6 Å². The maximum Gasteiger partial charge on any atom is 0.269 e. The summed E-state index contributed by atoms with van der Waals surface area (Å²) in [6.45, 7) is 8.31. The van der Waals surface area contributed by atoms with Crippen LogP contribution in [0.5, 0.6) is 0 Å². The van der Waals surface area contributed by atoms with Gasteiger partial charge in [0.1, 0.15) is 5.71 Å². The van der Waals surface area contributed by atoms with Crippen LogP contribution in [0, 0.1) is 0 Å². The van der Waals surface area contributed by atoms with Gasteiger partial charge in [-0.2, -0.15) is 4.31 Å². The van der Waals surface area contributed by atoms with E-state index >= 15 is 0 Å². The van der Waals surface area contributed by atoms with Gasteiger partial charge in [-0.3, -0.25) is 4.79 Å². The number of nitrogens with zero attached hydrogens (tertiary/aromatic N) is 3. The summed E-state index contributed by atoms with van der Waals surface area (Å²) < 4.78 is 27.6. The minimum absolute atomic E-state index is 0.204. The first-order valence-electron chi connectivity index (χ1n) is 11.1. The summed E-state index contributed by atoms with van der Waals surface area (Å²) in [5.74, 6) is 0.123. The van der Waals surface area contributed by atoms with Crippen molar-refractivity contribution in [3.63, 3.8) is 0 Å². The number of hydrogen-bond donors (Lipinski definition) is 1. The summed E-state index contributed by atoms with van der Waals surface area (Å²) in [7, 11) is -3.61. The number of hydrogen-bond acceptors (Lipinski definition) is 6. The summed E-state index contributed by atoms with van der Waals surface area (Å²) in [4.78, 5) is 20.7. The molecule has 0 radical (unpaired) electrons. The monoisotopic (exact) mass is 448 g/mol. The fourth-order valence-corrected chi connectivity index (χ4v) is 6.00. The average Bonchev–Trinajstić information content (AvgIpc) is 3.50. The Kier molecular flexibility index (Phi) is 6.37. The van der Waals surface area contributed by atoms with E-state index in [1.165, 1.54) is 17.1 Å². The van der Waals surface area contributed by atoms with Gasteiger partial charge in [0.25, 0.3) is 5.91 Å². The Morgan fingerprint density at radius 3 is 2.58 bits per heavy atom. The minimum Gasteiger partial charge on any atom is -0.387 e.